The number of ether oxygens (including phenoxy) is 2. The molecule has 2 rings (SSSR count). The highest BCUT2D eigenvalue weighted by atomic mass is 16.5. The smallest absolute Gasteiger partial charge is 0.243 e. The maximum atomic E-state index is 11.8. The fourth-order valence-corrected chi connectivity index (χ4v) is 3.16. The predicted octanol–water partition coefficient (Wildman–Crippen LogP) is 1.39. The minimum Gasteiger partial charge on any atom is -0.497 e. The molecule has 0 spiro atoms. The summed E-state index contributed by atoms with van der Waals surface area (Å²) in [6.07, 6.45) is 1.87. The Labute approximate surface area is 162 Å². The van der Waals surface area contributed by atoms with E-state index < -0.39 is 0 Å². The van der Waals surface area contributed by atoms with E-state index in [1.54, 1.807) is 26.1 Å². The zero-order chi connectivity index (χ0) is 19.7. The molecule has 0 aromatic heterocycles. The summed E-state index contributed by atoms with van der Waals surface area (Å²) in [6.45, 7) is 5.08. The first kappa shape index (κ1) is 21.0. The standard InChI is InChI=1S/C20H32N4O3/c1-5-21-19(22-14-18(25)24(2)3)23-15-20(10-12-27-13-11-20)16-6-8-17(26-4)9-7-16/h6-9H,5,10-15H2,1-4H3,(H2,21,22,23). The molecule has 0 saturated carbocycles. The highest BCUT2D eigenvalue weighted by Crippen LogP contribution is 2.35. The molecule has 27 heavy (non-hydrogen) atoms. The van der Waals surface area contributed by atoms with Crippen molar-refractivity contribution >= 4 is 11.9 Å². The Morgan fingerprint density at radius 2 is 1.89 bits per heavy atom. The van der Waals surface area contributed by atoms with Crippen LogP contribution < -0.4 is 15.4 Å². The molecule has 0 unspecified atom stereocenters. The van der Waals surface area contributed by atoms with Crippen molar-refractivity contribution in [1.29, 1.82) is 0 Å². The van der Waals surface area contributed by atoms with Crippen LogP contribution >= 0.6 is 0 Å². The SMILES string of the molecule is CCNC(=NCC(=O)N(C)C)NCC1(c2ccc(OC)cc2)CCOCC1. The average molecular weight is 377 g/mol. The monoisotopic (exact) mass is 376 g/mol. The van der Waals surface area contributed by atoms with Crippen molar-refractivity contribution in [2.75, 3.05) is 54.1 Å². The second-order valence-electron chi connectivity index (χ2n) is 6.96. The molecule has 0 bridgehead atoms. The molecule has 0 radical (unpaired) electrons. The van der Waals surface area contributed by atoms with Crippen LogP contribution in [0.5, 0.6) is 5.75 Å². The Balaban J connectivity index is 2.13. The van der Waals surface area contributed by atoms with Gasteiger partial charge in [0.05, 0.1) is 7.11 Å². The largest absolute Gasteiger partial charge is 0.497 e. The first-order chi connectivity index (χ1) is 13.0. The van der Waals surface area contributed by atoms with Crippen LogP contribution in [-0.4, -0.2) is 70.8 Å². The van der Waals surface area contributed by atoms with Gasteiger partial charge in [0.2, 0.25) is 5.91 Å². The maximum Gasteiger partial charge on any atom is 0.243 e. The van der Waals surface area contributed by atoms with E-state index in [2.05, 4.69) is 27.8 Å². The van der Waals surface area contributed by atoms with E-state index >= 15 is 0 Å². The summed E-state index contributed by atoms with van der Waals surface area (Å²) in [4.78, 5) is 17.8. The van der Waals surface area contributed by atoms with Crippen LogP contribution in [0.3, 0.4) is 0 Å². The fraction of sp³-hybridized carbons (Fsp3) is 0.600. The Morgan fingerprint density at radius 3 is 2.44 bits per heavy atom. The summed E-state index contributed by atoms with van der Waals surface area (Å²) in [5.74, 6) is 1.49. The topological polar surface area (TPSA) is 75.2 Å². The number of amides is 1. The van der Waals surface area contributed by atoms with Crippen LogP contribution in [-0.2, 0) is 14.9 Å². The van der Waals surface area contributed by atoms with Gasteiger partial charge in [-0.1, -0.05) is 12.1 Å². The van der Waals surface area contributed by atoms with Gasteiger partial charge >= 0.3 is 0 Å². The Hall–Kier alpha value is -2.28. The van der Waals surface area contributed by atoms with Crippen molar-refractivity contribution < 1.29 is 14.3 Å². The zero-order valence-corrected chi connectivity index (χ0v) is 16.9. The van der Waals surface area contributed by atoms with Crippen LogP contribution in [0.1, 0.15) is 25.3 Å². The third-order valence-electron chi connectivity index (χ3n) is 4.96. The summed E-state index contributed by atoms with van der Waals surface area (Å²) in [5, 5.41) is 6.65. The molecule has 150 valence electrons. The molecule has 1 aliphatic rings. The normalized spacial score (nSPS) is 16.5. The second kappa shape index (κ2) is 10.2. The number of hydrogen-bond acceptors (Lipinski definition) is 4. The number of methoxy groups -OCH3 is 1. The van der Waals surface area contributed by atoms with Gasteiger partial charge in [-0.15, -0.1) is 0 Å². The van der Waals surface area contributed by atoms with Crippen LogP contribution in [0, 0.1) is 0 Å². The zero-order valence-electron chi connectivity index (χ0n) is 16.9. The molecule has 1 aromatic carbocycles. The van der Waals surface area contributed by atoms with Gasteiger partial charge in [-0.25, -0.2) is 4.99 Å². The Bertz CT molecular complexity index is 623. The molecule has 7 heteroatoms. The minimum atomic E-state index is -0.0354. The molecule has 1 fully saturated rings. The highest BCUT2D eigenvalue weighted by molar-refractivity contribution is 5.84. The molecule has 0 atom stereocenters. The summed E-state index contributed by atoms with van der Waals surface area (Å²) >= 11 is 0. The number of benzene rings is 1. The van der Waals surface area contributed by atoms with Gasteiger partial charge in [0.25, 0.3) is 0 Å². The van der Waals surface area contributed by atoms with Gasteiger partial charge < -0.3 is 25.0 Å². The summed E-state index contributed by atoms with van der Waals surface area (Å²) in [7, 11) is 5.15. The fourth-order valence-electron chi connectivity index (χ4n) is 3.16. The number of likely N-dealkylation sites (N-methyl/N-ethyl adjacent to an activating group) is 1. The Kier molecular flexibility index (Phi) is 7.91. The van der Waals surface area contributed by atoms with Gasteiger partial charge in [-0.05, 0) is 37.5 Å². The third-order valence-corrected chi connectivity index (χ3v) is 4.96. The maximum absolute atomic E-state index is 11.8. The Morgan fingerprint density at radius 1 is 1.22 bits per heavy atom. The van der Waals surface area contributed by atoms with E-state index in [-0.39, 0.29) is 17.9 Å². The van der Waals surface area contributed by atoms with Crippen LogP contribution in [0.25, 0.3) is 0 Å². The molecule has 1 saturated heterocycles. The number of rotatable bonds is 7. The summed E-state index contributed by atoms with van der Waals surface area (Å²) < 4.78 is 10.9. The van der Waals surface area contributed by atoms with Crippen molar-refractivity contribution in [2.45, 2.75) is 25.2 Å². The predicted molar refractivity (Wildman–Crippen MR) is 107 cm³/mol. The van der Waals surface area contributed by atoms with Crippen molar-refractivity contribution in [3.63, 3.8) is 0 Å². The number of aliphatic imine (C=N–C) groups is 1. The number of carbonyl (C=O) groups is 1. The van der Waals surface area contributed by atoms with E-state index in [1.165, 1.54) is 5.56 Å². The lowest BCUT2D eigenvalue weighted by Crippen LogP contribution is -2.48. The lowest BCUT2D eigenvalue weighted by molar-refractivity contribution is -0.127. The van der Waals surface area contributed by atoms with Crippen molar-refractivity contribution in [2.24, 2.45) is 4.99 Å². The van der Waals surface area contributed by atoms with E-state index in [1.807, 2.05) is 19.1 Å². The quantitative estimate of drug-likeness (QED) is 0.556. The molecule has 1 aromatic rings. The van der Waals surface area contributed by atoms with Crippen LogP contribution in [0.4, 0.5) is 0 Å². The highest BCUT2D eigenvalue weighted by Gasteiger charge is 2.34. The minimum absolute atomic E-state index is 0.0249. The summed E-state index contributed by atoms with van der Waals surface area (Å²) in [6, 6.07) is 8.26. The molecule has 0 aliphatic carbocycles. The van der Waals surface area contributed by atoms with Crippen molar-refractivity contribution in [3.8, 4) is 5.75 Å². The van der Waals surface area contributed by atoms with Crippen molar-refractivity contribution in [1.82, 2.24) is 15.5 Å². The molecule has 1 aliphatic heterocycles. The molecule has 7 nitrogen and oxygen atoms in total. The second-order valence-corrected chi connectivity index (χ2v) is 6.96. The lowest BCUT2D eigenvalue weighted by atomic mass is 9.74. The lowest BCUT2D eigenvalue weighted by Gasteiger charge is -2.38. The molecular weight excluding hydrogens is 344 g/mol. The van der Waals surface area contributed by atoms with E-state index in [0.717, 1.165) is 44.9 Å². The van der Waals surface area contributed by atoms with Crippen LogP contribution in [0.2, 0.25) is 0 Å². The molecule has 1 heterocycles. The number of nitrogens with zero attached hydrogens (tertiary/aromatic N) is 2. The average Bonchev–Trinajstić information content (AvgIpc) is 2.70. The summed E-state index contributed by atoms with van der Waals surface area (Å²) in [5.41, 5.74) is 1.23. The molecule has 2 N–H and O–H groups in total. The number of nitrogens with one attached hydrogen (secondary N) is 2. The van der Waals surface area contributed by atoms with Gasteiger partial charge in [0.15, 0.2) is 5.96 Å². The van der Waals surface area contributed by atoms with Crippen molar-refractivity contribution in [3.05, 3.63) is 29.8 Å². The number of carbonyl (C=O) groups excluding carboxylic acids is 1. The first-order valence-corrected chi connectivity index (χ1v) is 9.45. The molecular formula is C20H32N4O3. The van der Waals surface area contributed by atoms with E-state index in [9.17, 15) is 4.79 Å². The molecule has 1 amide bonds. The number of hydrogen-bond donors (Lipinski definition) is 2. The van der Waals surface area contributed by atoms with Gasteiger partial charge in [0, 0.05) is 45.8 Å². The third kappa shape index (κ3) is 5.85. The van der Waals surface area contributed by atoms with Gasteiger partial charge in [-0.3, -0.25) is 4.79 Å². The number of guanidine groups is 1. The van der Waals surface area contributed by atoms with Gasteiger partial charge in [-0.2, -0.15) is 0 Å². The van der Waals surface area contributed by atoms with E-state index in [4.69, 9.17) is 9.47 Å². The van der Waals surface area contributed by atoms with E-state index in [0.29, 0.717) is 5.96 Å². The first-order valence-electron chi connectivity index (χ1n) is 9.45. The van der Waals surface area contributed by atoms with Crippen LogP contribution in [0.15, 0.2) is 29.3 Å². The van der Waals surface area contributed by atoms with Gasteiger partial charge in [0.1, 0.15) is 12.3 Å².